The Labute approximate surface area is 235 Å². The number of hydrogen-bond acceptors (Lipinski definition) is 7. The van der Waals surface area contributed by atoms with Crippen LogP contribution in [0.25, 0.3) is 0 Å². The van der Waals surface area contributed by atoms with Crippen LogP contribution in [-0.4, -0.2) is 23.7 Å². The lowest BCUT2D eigenvalue weighted by Crippen LogP contribution is -2.16. The Kier molecular flexibility index (Phi) is 8.07. The van der Waals surface area contributed by atoms with Crippen LogP contribution in [0.5, 0.6) is 17.2 Å². The minimum Gasteiger partial charge on any atom is -0.422 e. The number of carbonyl (C=O) groups excluding carboxylic acids is 4. The van der Waals surface area contributed by atoms with Crippen molar-refractivity contribution in [2.24, 2.45) is 0 Å². The highest BCUT2D eigenvalue weighted by Crippen LogP contribution is 2.38. The molecule has 0 aliphatic heterocycles. The summed E-state index contributed by atoms with van der Waals surface area (Å²) in [6.45, 7) is 0. The summed E-state index contributed by atoms with van der Waals surface area (Å²) in [7, 11) is 0. The molecule has 0 aliphatic carbocycles. The first-order valence-corrected chi connectivity index (χ1v) is 12.6. The molecule has 200 valence electrons. The second-order valence-corrected chi connectivity index (χ2v) is 8.76. The zero-order valence-corrected chi connectivity index (χ0v) is 21.6. The van der Waals surface area contributed by atoms with Crippen LogP contribution < -0.4 is 14.2 Å². The molecule has 0 aromatic heterocycles. The smallest absolute Gasteiger partial charge is 0.343 e. The highest BCUT2D eigenvalue weighted by atomic mass is 16.6. The predicted molar refractivity (Wildman–Crippen MR) is 151 cm³/mol. The van der Waals surface area contributed by atoms with Crippen LogP contribution in [0.2, 0.25) is 0 Å². The van der Waals surface area contributed by atoms with Gasteiger partial charge in [0.2, 0.25) is 0 Å². The molecule has 0 saturated heterocycles. The molecule has 0 bridgehead atoms. The van der Waals surface area contributed by atoms with Crippen molar-refractivity contribution < 1.29 is 33.4 Å². The first-order valence-electron chi connectivity index (χ1n) is 12.6. The summed E-state index contributed by atoms with van der Waals surface area (Å²) in [5.41, 5.74) is 0.950. The van der Waals surface area contributed by atoms with Crippen LogP contribution in [-0.2, 0) is 0 Å². The number of esters is 3. The van der Waals surface area contributed by atoms with Crippen LogP contribution in [0.3, 0.4) is 0 Å². The molecule has 0 amide bonds. The van der Waals surface area contributed by atoms with Gasteiger partial charge in [-0.2, -0.15) is 0 Å². The Balaban J connectivity index is 1.61. The average Bonchev–Trinajstić information content (AvgIpc) is 3.03. The molecule has 5 rings (SSSR count). The molecule has 0 heterocycles. The predicted octanol–water partition coefficient (Wildman–Crippen LogP) is 6.58. The van der Waals surface area contributed by atoms with Crippen molar-refractivity contribution in [1.29, 1.82) is 0 Å². The van der Waals surface area contributed by atoms with E-state index in [-0.39, 0.29) is 39.5 Å². The Bertz CT molecular complexity index is 1700. The van der Waals surface area contributed by atoms with Crippen molar-refractivity contribution in [1.82, 2.24) is 0 Å². The lowest BCUT2D eigenvalue weighted by atomic mass is 10.0. The Morgan fingerprint density at radius 2 is 0.683 bits per heavy atom. The lowest BCUT2D eigenvalue weighted by Gasteiger charge is -2.16. The van der Waals surface area contributed by atoms with Crippen LogP contribution in [0.4, 0.5) is 0 Å². The van der Waals surface area contributed by atoms with E-state index >= 15 is 0 Å². The molecular weight excluding hydrogens is 520 g/mol. The normalized spacial score (nSPS) is 10.3. The van der Waals surface area contributed by atoms with Crippen LogP contribution in [0, 0.1) is 0 Å². The van der Waals surface area contributed by atoms with Gasteiger partial charge in [0.15, 0.2) is 17.3 Å². The van der Waals surface area contributed by atoms with Gasteiger partial charge < -0.3 is 14.2 Å². The van der Waals surface area contributed by atoms with E-state index in [1.54, 1.807) is 121 Å². The number of ether oxygens (including phenoxy) is 3. The highest BCUT2D eigenvalue weighted by molar-refractivity contribution is 6.12. The maximum atomic E-state index is 13.6. The molecule has 7 heteroatoms. The largest absolute Gasteiger partial charge is 0.422 e. The lowest BCUT2D eigenvalue weighted by molar-refractivity contribution is 0.0678. The molecule has 7 nitrogen and oxygen atoms in total. The van der Waals surface area contributed by atoms with E-state index in [9.17, 15) is 19.2 Å². The van der Waals surface area contributed by atoms with E-state index in [0.717, 1.165) is 0 Å². The third-order valence-electron chi connectivity index (χ3n) is 5.96. The van der Waals surface area contributed by atoms with E-state index in [2.05, 4.69) is 0 Å². The van der Waals surface area contributed by atoms with Gasteiger partial charge in [-0.25, -0.2) is 14.4 Å². The summed E-state index contributed by atoms with van der Waals surface area (Å²) in [6, 6.07) is 35.4. The highest BCUT2D eigenvalue weighted by Gasteiger charge is 2.25. The van der Waals surface area contributed by atoms with Gasteiger partial charge in [0.1, 0.15) is 5.75 Å². The van der Waals surface area contributed by atoms with Crippen molar-refractivity contribution >= 4 is 23.7 Å². The molecule has 0 radical (unpaired) electrons. The van der Waals surface area contributed by atoms with Gasteiger partial charge in [-0.15, -0.1) is 0 Å². The zero-order chi connectivity index (χ0) is 28.6. The van der Waals surface area contributed by atoms with E-state index < -0.39 is 23.7 Å². The zero-order valence-electron chi connectivity index (χ0n) is 21.6. The van der Waals surface area contributed by atoms with Crippen molar-refractivity contribution in [3.63, 3.8) is 0 Å². The summed E-state index contributed by atoms with van der Waals surface area (Å²) in [6.07, 6.45) is 0. The summed E-state index contributed by atoms with van der Waals surface area (Å²) in [5, 5.41) is 0. The molecular formula is C34H22O7. The molecule has 0 unspecified atom stereocenters. The summed E-state index contributed by atoms with van der Waals surface area (Å²) in [4.78, 5) is 52.6. The van der Waals surface area contributed by atoms with Crippen LogP contribution in [0.1, 0.15) is 47.0 Å². The van der Waals surface area contributed by atoms with Crippen molar-refractivity contribution in [3.8, 4) is 17.2 Å². The van der Waals surface area contributed by atoms with E-state index in [1.165, 1.54) is 12.1 Å². The Hall–Kier alpha value is -5.82. The van der Waals surface area contributed by atoms with E-state index in [1.807, 2.05) is 0 Å². The number of benzene rings is 5. The summed E-state index contributed by atoms with van der Waals surface area (Å²) in [5.74, 6) is -3.32. The first kappa shape index (κ1) is 26.8. The molecule has 5 aromatic carbocycles. The molecule has 0 fully saturated rings. The Morgan fingerprint density at radius 3 is 1.07 bits per heavy atom. The topological polar surface area (TPSA) is 96.0 Å². The Morgan fingerprint density at radius 1 is 0.366 bits per heavy atom. The third-order valence-corrected chi connectivity index (χ3v) is 5.96. The number of hydrogen-bond donors (Lipinski definition) is 0. The minimum absolute atomic E-state index is 0.0733. The van der Waals surface area contributed by atoms with Gasteiger partial charge in [-0.3, -0.25) is 4.79 Å². The molecule has 5 aromatic rings. The second-order valence-electron chi connectivity index (χ2n) is 8.76. The number of ketones is 1. The SMILES string of the molecule is O=C(Oc1cc(OC(=O)c2ccccc2)c(C(=O)c2ccccc2)cc1OC(=O)c1ccccc1)c1ccccc1. The van der Waals surface area contributed by atoms with Crippen LogP contribution in [0.15, 0.2) is 133 Å². The van der Waals surface area contributed by atoms with Crippen LogP contribution >= 0.6 is 0 Å². The number of carbonyl (C=O) groups is 4. The van der Waals surface area contributed by atoms with Gasteiger partial charge in [0.25, 0.3) is 0 Å². The van der Waals surface area contributed by atoms with Gasteiger partial charge >= 0.3 is 17.9 Å². The van der Waals surface area contributed by atoms with Crippen molar-refractivity contribution in [2.45, 2.75) is 0 Å². The maximum absolute atomic E-state index is 13.6. The fourth-order valence-electron chi connectivity index (χ4n) is 3.91. The summed E-state index contributed by atoms with van der Waals surface area (Å²) < 4.78 is 16.9. The average molecular weight is 543 g/mol. The maximum Gasteiger partial charge on any atom is 0.343 e. The molecule has 0 atom stereocenters. The van der Waals surface area contributed by atoms with Crippen molar-refractivity contribution in [2.75, 3.05) is 0 Å². The summed E-state index contributed by atoms with van der Waals surface area (Å²) >= 11 is 0. The minimum atomic E-state index is -0.745. The van der Waals surface area contributed by atoms with Crippen molar-refractivity contribution in [3.05, 3.63) is 161 Å². The quantitative estimate of drug-likeness (QED) is 0.124. The fourth-order valence-corrected chi connectivity index (χ4v) is 3.91. The van der Waals surface area contributed by atoms with E-state index in [0.29, 0.717) is 5.56 Å². The van der Waals surface area contributed by atoms with Gasteiger partial charge in [0, 0.05) is 11.6 Å². The molecule has 41 heavy (non-hydrogen) atoms. The molecule has 0 saturated carbocycles. The van der Waals surface area contributed by atoms with Gasteiger partial charge in [-0.05, 0) is 42.5 Å². The first-order chi connectivity index (χ1) is 20.0. The molecule has 0 spiro atoms. The second kappa shape index (κ2) is 12.4. The third kappa shape index (κ3) is 6.43. The van der Waals surface area contributed by atoms with E-state index in [4.69, 9.17) is 14.2 Å². The standard InChI is InChI=1S/C34H22O7/c35-31(23-13-5-1-6-14-23)27-21-29(40-33(37)25-17-9-3-10-18-25)30(41-34(38)26-19-11-4-12-20-26)22-28(27)39-32(36)24-15-7-2-8-16-24/h1-22H. The fraction of sp³-hybridized carbons (Fsp3) is 0. The van der Waals surface area contributed by atoms with Gasteiger partial charge in [0.05, 0.1) is 22.3 Å². The molecule has 0 aliphatic rings. The monoisotopic (exact) mass is 542 g/mol. The van der Waals surface area contributed by atoms with Gasteiger partial charge in [-0.1, -0.05) is 84.9 Å². The number of rotatable bonds is 8. The molecule has 0 N–H and O–H groups in total.